The number of likely N-dealkylation sites (N-methyl/N-ethyl adjacent to an activating group) is 1. The molecule has 0 fully saturated rings. The van der Waals surface area contributed by atoms with Crippen molar-refractivity contribution in [1.29, 1.82) is 0 Å². The number of amides is 1. The SMILES string of the molecule is CN(C)C(=O)[C@@H](OC(=O)COc1ccc2ccccc2c1)c1ccccc1. The first kappa shape index (κ1) is 18.5. The summed E-state index contributed by atoms with van der Waals surface area (Å²) in [5, 5.41) is 2.11. The number of carbonyl (C=O) groups excluding carboxylic acids is 2. The largest absolute Gasteiger partial charge is 0.482 e. The van der Waals surface area contributed by atoms with Gasteiger partial charge in [-0.25, -0.2) is 4.79 Å². The van der Waals surface area contributed by atoms with Gasteiger partial charge >= 0.3 is 5.97 Å². The Labute approximate surface area is 158 Å². The van der Waals surface area contributed by atoms with Crippen LogP contribution in [0.2, 0.25) is 0 Å². The second kappa shape index (κ2) is 8.36. The Hall–Kier alpha value is -3.34. The smallest absolute Gasteiger partial charge is 0.345 e. The van der Waals surface area contributed by atoms with Crippen LogP contribution in [-0.4, -0.2) is 37.5 Å². The van der Waals surface area contributed by atoms with Crippen LogP contribution in [0, 0.1) is 0 Å². The number of esters is 1. The fourth-order valence-electron chi connectivity index (χ4n) is 2.69. The highest BCUT2D eigenvalue weighted by Gasteiger charge is 2.26. The lowest BCUT2D eigenvalue weighted by Gasteiger charge is -2.21. The molecular formula is C22H21NO4. The van der Waals surface area contributed by atoms with Gasteiger partial charge in [0, 0.05) is 19.7 Å². The average Bonchev–Trinajstić information content (AvgIpc) is 2.70. The highest BCUT2D eigenvalue weighted by molar-refractivity contribution is 5.85. The lowest BCUT2D eigenvalue weighted by molar-refractivity contribution is -0.161. The highest BCUT2D eigenvalue weighted by atomic mass is 16.6. The van der Waals surface area contributed by atoms with Crippen molar-refractivity contribution in [2.75, 3.05) is 20.7 Å². The van der Waals surface area contributed by atoms with Gasteiger partial charge in [0.05, 0.1) is 0 Å². The van der Waals surface area contributed by atoms with E-state index in [0.717, 1.165) is 10.8 Å². The van der Waals surface area contributed by atoms with Crippen LogP contribution in [0.3, 0.4) is 0 Å². The molecule has 3 rings (SSSR count). The minimum absolute atomic E-state index is 0.275. The Morgan fingerprint density at radius 3 is 2.26 bits per heavy atom. The number of benzene rings is 3. The summed E-state index contributed by atoms with van der Waals surface area (Å²) in [6, 6.07) is 22.4. The second-order valence-electron chi connectivity index (χ2n) is 6.31. The minimum atomic E-state index is -0.992. The minimum Gasteiger partial charge on any atom is -0.482 e. The van der Waals surface area contributed by atoms with Crippen LogP contribution in [0.15, 0.2) is 72.8 Å². The van der Waals surface area contributed by atoms with E-state index in [1.54, 1.807) is 44.4 Å². The number of carbonyl (C=O) groups is 2. The van der Waals surface area contributed by atoms with Crippen LogP contribution in [0.4, 0.5) is 0 Å². The third-order valence-corrected chi connectivity index (χ3v) is 4.09. The molecule has 0 N–H and O–H groups in total. The van der Waals surface area contributed by atoms with Crippen molar-refractivity contribution in [3.05, 3.63) is 78.4 Å². The first-order valence-electron chi connectivity index (χ1n) is 8.62. The molecule has 1 amide bonds. The Morgan fingerprint density at radius 2 is 1.56 bits per heavy atom. The van der Waals surface area contributed by atoms with E-state index in [1.165, 1.54) is 4.90 Å². The van der Waals surface area contributed by atoms with Gasteiger partial charge in [0.25, 0.3) is 5.91 Å². The van der Waals surface area contributed by atoms with E-state index in [9.17, 15) is 9.59 Å². The Kier molecular flexibility index (Phi) is 5.71. The summed E-state index contributed by atoms with van der Waals surface area (Å²) in [5.74, 6) is -0.340. The van der Waals surface area contributed by atoms with Crippen molar-refractivity contribution >= 4 is 22.6 Å². The van der Waals surface area contributed by atoms with Gasteiger partial charge < -0.3 is 14.4 Å². The number of hydrogen-bond acceptors (Lipinski definition) is 4. The van der Waals surface area contributed by atoms with Crippen molar-refractivity contribution in [2.24, 2.45) is 0 Å². The van der Waals surface area contributed by atoms with Gasteiger partial charge in [-0.15, -0.1) is 0 Å². The quantitative estimate of drug-likeness (QED) is 0.628. The third kappa shape index (κ3) is 4.64. The molecule has 3 aromatic carbocycles. The fraction of sp³-hybridized carbons (Fsp3) is 0.182. The molecule has 0 aliphatic heterocycles. The van der Waals surface area contributed by atoms with Gasteiger partial charge in [0.15, 0.2) is 6.61 Å². The lowest BCUT2D eigenvalue weighted by Crippen LogP contribution is -2.32. The van der Waals surface area contributed by atoms with Crippen molar-refractivity contribution in [3.63, 3.8) is 0 Å². The zero-order valence-electron chi connectivity index (χ0n) is 15.3. The summed E-state index contributed by atoms with van der Waals surface area (Å²) < 4.78 is 11.0. The number of hydrogen-bond donors (Lipinski definition) is 0. The molecule has 0 saturated carbocycles. The average molecular weight is 363 g/mol. The normalized spacial score (nSPS) is 11.6. The van der Waals surface area contributed by atoms with Crippen LogP contribution in [0.1, 0.15) is 11.7 Å². The molecule has 0 saturated heterocycles. The van der Waals surface area contributed by atoms with E-state index >= 15 is 0 Å². The molecule has 0 bridgehead atoms. The van der Waals surface area contributed by atoms with Crippen LogP contribution in [-0.2, 0) is 14.3 Å². The van der Waals surface area contributed by atoms with Gasteiger partial charge in [-0.2, -0.15) is 0 Å². The van der Waals surface area contributed by atoms with Gasteiger partial charge in [-0.3, -0.25) is 4.79 Å². The van der Waals surface area contributed by atoms with Gasteiger partial charge in [-0.05, 0) is 22.9 Å². The van der Waals surface area contributed by atoms with Crippen LogP contribution >= 0.6 is 0 Å². The molecule has 0 unspecified atom stereocenters. The zero-order valence-corrected chi connectivity index (χ0v) is 15.3. The lowest BCUT2D eigenvalue weighted by atomic mass is 10.1. The highest BCUT2D eigenvalue weighted by Crippen LogP contribution is 2.22. The van der Waals surface area contributed by atoms with Crippen LogP contribution in [0.5, 0.6) is 5.75 Å². The maximum absolute atomic E-state index is 12.4. The molecule has 138 valence electrons. The maximum Gasteiger partial charge on any atom is 0.345 e. The molecule has 0 aliphatic carbocycles. The van der Waals surface area contributed by atoms with E-state index in [4.69, 9.17) is 9.47 Å². The summed E-state index contributed by atoms with van der Waals surface area (Å²) in [7, 11) is 3.25. The van der Waals surface area contributed by atoms with E-state index < -0.39 is 12.1 Å². The zero-order chi connectivity index (χ0) is 19.2. The van der Waals surface area contributed by atoms with E-state index in [0.29, 0.717) is 11.3 Å². The predicted octanol–water partition coefficient (Wildman–Crippen LogP) is 3.59. The summed E-state index contributed by atoms with van der Waals surface area (Å²) in [5.41, 5.74) is 0.621. The van der Waals surface area contributed by atoms with Gasteiger partial charge in [0.1, 0.15) is 5.75 Å². The maximum atomic E-state index is 12.4. The molecule has 1 atom stereocenters. The van der Waals surface area contributed by atoms with Gasteiger partial charge in [0.2, 0.25) is 6.10 Å². The molecule has 5 nitrogen and oxygen atoms in total. The first-order valence-corrected chi connectivity index (χ1v) is 8.62. The summed E-state index contributed by atoms with van der Waals surface area (Å²) in [4.78, 5) is 26.1. The Balaban J connectivity index is 1.67. The molecule has 3 aromatic rings. The molecule has 0 aromatic heterocycles. The van der Waals surface area contributed by atoms with Crippen molar-refractivity contribution < 1.29 is 19.1 Å². The molecule has 0 heterocycles. The standard InChI is InChI=1S/C22H21NO4/c1-23(2)22(25)21(17-9-4-3-5-10-17)27-20(24)15-26-19-13-12-16-8-6-7-11-18(16)14-19/h3-14,21H,15H2,1-2H3/t21-/m0/s1. The molecule has 5 heteroatoms. The van der Waals surface area contributed by atoms with Crippen molar-refractivity contribution in [3.8, 4) is 5.75 Å². The number of ether oxygens (including phenoxy) is 2. The molecule has 0 aliphatic rings. The number of rotatable bonds is 6. The van der Waals surface area contributed by atoms with E-state index in [-0.39, 0.29) is 12.5 Å². The number of fused-ring (bicyclic) bond motifs is 1. The summed E-state index contributed by atoms with van der Waals surface area (Å²) in [6.45, 7) is -0.275. The third-order valence-electron chi connectivity index (χ3n) is 4.09. The predicted molar refractivity (Wildman–Crippen MR) is 103 cm³/mol. The van der Waals surface area contributed by atoms with E-state index in [2.05, 4.69) is 0 Å². The number of nitrogens with zero attached hydrogens (tertiary/aromatic N) is 1. The molecule has 27 heavy (non-hydrogen) atoms. The fourth-order valence-corrected chi connectivity index (χ4v) is 2.69. The summed E-state index contributed by atoms with van der Waals surface area (Å²) >= 11 is 0. The van der Waals surface area contributed by atoms with Crippen LogP contribution in [0.25, 0.3) is 10.8 Å². The van der Waals surface area contributed by atoms with Crippen molar-refractivity contribution in [1.82, 2.24) is 4.90 Å². The van der Waals surface area contributed by atoms with Gasteiger partial charge in [-0.1, -0.05) is 60.7 Å². The summed E-state index contributed by atoms with van der Waals surface area (Å²) in [6.07, 6.45) is -0.992. The Morgan fingerprint density at radius 1 is 0.889 bits per heavy atom. The second-order valence-corrected chi connectivity index (χ2v) is 6.31. The topological polar surface area (TPSA) is 55.8 Å². The van der Waals surface area contributed by atoms with Crippen LogP contribution < -0.4 is 4.74 Å². The molecule has 0 spiro atoms. The van der Waals surface area contributed by atoms with Crippen molar-refractivity contribution in [2.45, 2.75) is 6.10 Å². The Bertz CT molecular complexity index is 937. The van der Waals surface area contributed by atoms with E-state index in [1.807, 2.05) is 42.5 Å². The molecular weight excluding hydrogens is 342 g/mol. The first-order chi connectivity index (χ1) is 13.0. The molecule has 0 radical (unpaired) electrons. The monoisotopic (exact) mass is 363 g/mol.